The van der Waals surface area contributed by atoms with Crippen LogP contribution in [-0.2, 0) is 5.60 Å². The zero-order valence-corrected chi connectivity index (χ0v) is 12.5. The molecule has 0 bridgehead atoms. The molecule has 0 saturated heterocycles. The Labute approximate surface area is 125 Å². The first-order chi connectivity index (χ1) is 9.69. The Balaban J connectivity index is 2.43. The van der Waals surface area contributed by atoms with E-state index in [0.29, 0.717) is 0 Å². The van der Waals surface area contributed by atoms with Crippen molar-refractivity contribution in [1.82, 2.24) is 0 Å². The zero-order valence-electron chi connectivity index (χ0n) is 11.7. The number of thioether (sulfide) groups is 1. The first-order valence-electron chi connectivity index (χ1n) is 6.86. The lowest BCUT2D eigenvalue weighted by Crippen LogP contribution is -2.48. The lowest BCUT2D eigenvalue weighted by atomic mass is 9.81. The SMILES string of the molecule is CCSCC(N)C(O)(c1ccccc1)c1ccccc1. The number of aliphatic hydroxyl groups is 1. The highest BCUT2D eigenvalue weighted by atomic mass is 32.2. The summed E-state index contributed by atoms with van der Waals surface area (Å²) in [6.07, 6.45) is 0. The second-order valence-corrected chi connectivity index (χ2v) is 6.08. The van der Waals surface area contributed by atoms with E-state index in [1.165, 1.54) is 0 Å². The van der Waals surface area contributed by atoms with E-state index in [-0.39, 0.29) is 6.04 Å². The predicted molar refractivity (Wildman–Crippen MR) is 86.9 cm³/mol. The van der Waals surface area contributed by atoms with Gasteiger partial charge in [-0.2, -0.15) is 11.8 Å². The maximum atomic E-state index is 11.3. The maximum Gasteiger partial charge on any atom is 0.130 e. The van der Waals surface area contributed by atoms with E-state index in [2.05, 4.69) is 6.92 Å². The van der Waals surface area contributed by atoms with Crippen LogP contribution in [0.25, 0.3) is 0 Å². The lowest BCUT2D eigenvalue weighted by Gasteiger charge is -2.35. The van der Waals surface area contributed by atoms with Crippen molar-refractivity contribution in [2.24, 2.45) is 5.73 Å². The van der Waals surface area contributed by atoms with E-state index < -0.39 is 5.60 Å². The van der Waals surface area contributed by atoms with E-state index in [1.807, 2.05) is 60.7 Å². The van der Waals surface area contributed by atoms with Gasteiger partial charge in [-0.15, -0.1) is 0 Å². The molecule has 2 aromatic carbocycles. The van der Waals surface area contributed by atoms with Crippen molar-refractivity contribution in [3.63, 3.8) is 0 Å². The summed E-state index contributed by atoms with van der Waals surface area (Å²) >= 11 is 1.75. The highest BCUT2D eigenvalue weighted by Crippen LogP contribution is 2.33. The molecule has 106 valence electrons. The quantitative estimate of drug-likeness (QED) is 0.858. The van der Waals surface area contributed by atoms with Crippen LogP contribution in [0.4, 0.5) is 0 Å². The van der Waals surface area contributed by atoms with Crippen molar-refractivity contribution < 1.29 is 5.11 Å². The van der Waals surface area contributed by atoms with Gasteiger partial charge in [0, 0.05) is 5.75 Å². The van der Waals surface area contributed by atoms with Gasteiger partial charge in [-0.25, -0.2) is 0 Å². The minimum absolute atomic E-state index is 0.350. The Kier molecular flexibility index (Phi) is 5.24. The molecule has 0 heterocycles. The molecule has 0 aliphatic rings. The number of benzene rings is 2. The predicted octanol–water partition coefficient (Wildman–Crippen LogP) is 3.00. The topological polar surface area (TPSA) is 46.2 Å². The van der Waals surface area contributed by atoms with Gasteiger partial charge >= 0.3 is 0 Å². The fraction of sp³-hybridized carbons (Fsp3) is 0.294. The Morgan fingerprint density at radius 2 is 1.45 bits per heavy atom. The highest BCUT2D eigenvalue weighted by molar-refractivity contribution is 7.99. The number of rotatable bonds is 6. The smallest absolute Gasteiger partial charge is 0.130 e. The molecule has 0 spiro atoms. The van der Waals surface area contributed by atoms with Crippen LogP contribution >= 0.6 is 11.8 Å². The van der Waals surface area contributed by atoms with Gasteiger partial charge in [-0.3, -0.25) is 0 Å². The third kappa shape index (κ3) is 3.06. The van der Waals surface area contributed by atoms with Crippen LogP contribution in [-0.4, -0.2) is 22.7 Å². The highest BCUT2D eigenvalue weighted by Gasteiger charge is 2.37. The van der Waals surface area contributed by atoms with Gasteiger partial charge in [0.25, 0.3) is 0 Å². The van der Waals surface area contributed by atoms with E-state index in [0.717, 1.165) is 22.6 Å². The first kappa shape index (κ1) is 15.1. The van der Waals surface area contributed by atoms with Crippen molar-refractivity contribution in [2.45, 2.75) is 18.6 Å². The number of hydrogen-bond acceptors (Lipinski definition) is 3. The Bertz CT molecular complexity index is 476. The molecule has 20 heavy (non-hydrogen) atoms. The summed E-state index contributed by atoms with van der Waals surface area (Å²) in [6.45, 7) is 2.10. The summed E-state index contributed by atoms with van der Waals surface area (Å²) in [5, 5.41) is 11.3. The molecule has 0 radical (unpaired) electrons. The second-order valence-electron chi connectivity index (χ2n) is 4.76. The zero-order chi connectivity index (χ0) is 14.4. The van der Waals surface area contributed by atoms with Crippen LogP contribution in [0, 0.1) is 0 Å². The molecule has 0 aliphatic heterocycles. The van der Waals surface area contributed by atoms with Gasteiger partial charge in [-0.1, -0.05) is 67.6 Å². The minimum atomic E-state index is -1.15. The summed E-state index contributed by atoms with van der Waals surface area (Å²) in [5.41, 5.74) is 6.87. The van der Waals surface area contributed by atoms with Gasteiger partial charge in [0.2, 0.25) is 0 Å². The van der Waals surface area contributed by atoms with E-state index in [4.69, 9.17) is 5.73 Å². The molecule has 3 heteroatoms. The Hall–Kier alpha value is -1.29. The fourth-order valence-electron chi connectivity index (χ4n) is 2.34. The molecule has 0 aromatic heterocycles. The average molecular weight is 287 g/mol. The lowest BCUT2D eigenvalue weighted by molar-refractivity contribution is 0.0594. The second kappa shape index (κ2) is 6.93. The largest absolute Gasteiger partial charge is 0.379 e. The standard InChI is InChI=1S/C17H21NOS/c1-2-20-13-16(18)17(19,14-9-5-3-6-10-14)15-11-7-4-8-12-15/h3-12,16,19H,2,13,18H2,1H3. The van der Waals surface area contributed by atoms with E-state index >= 15 is 0 Å². The first-order valence-corrected chi connectivity index (χ1v) is 8.01. The molecule has 2 aromatic rings. The minimum Gasteiger partial charge on any atom is -0.379 e. The third-order valence-electron chi connectivity index (χ3n) is 3.47. The van der Waals surface area contributed by atoms with Gasteiger partial charge in [0.05, 0.1) is 6.04 Å². The van der Waals surface area contributed by atoms with Crippen LogP contribution in [0.5, 0.6) is 0 Å². The monoisotopic (exact) mass is 287 g/mol. The Morgan fingerprint density at radius 3 is 1.85 bits per heavy atom. The summed E-state index contributed by atoms with van der Waals surface area (Å²) in [4.78, 5) is 0. The van der Waals surface area contributed by atoms with Crippen LogP contribution in [0.3, 0.4) is 0 Å². The molecule has 1 atom stereocenters. The van der Waals surface area contributed by atoms with Gasteiger partial charge in [0.1, 0.15) is 5.60 Å². The number of nitrogens with two attached hydrogens (primary N) is 1. The van der Waals surface area contributed by atoms with Gasteiger partial charge in [0.15, 0.2) is 0 Å². The van der Waals surface area contributed by atoms with Crippen LogP contribution in [0.15, 0.2) is 60.7 Å². The van der Waals surface area contributed by atoms with Gasteiger partial charge in [-0.05, 0) is 16.9 Å². The average Bonchev–Trinajstić information content (AvgIpc) is 2.53. The molecule has 0 amide bonds. The van der Waals surface area contributed by atoms with E-state index in [1.54, 1.807) is 11.8 Å². The third-order valence-corrected chi connectivity index (χ3v) is 4.47. The van der Waals surface area contributed by atoms with Crippen LogP contribution < -0.4 is 5.73 Å². The van der Waals surface area contributed by atoms with Crippen molar-refractivity contribution in [2.75, 3.05) is 11.5 Å². The van der Waals surface area contributed by atoms with Crippen molar-refractivity contribution >= 4 is 11.8 Å². The van der Waals surface area contributed by atoms with Crippen LogP contribution in [0.1, 0.15) is 18.1 Å². The summed E-state index contributed by atoms with van der Waals surface area (Å²) in [7, 11) is 0. The molecular formula is C17H21NOS. The van der Waals surface area contributed by atoms with Crippen LogP contribution in [0.2, 0.25) is 0 Å². The summed E-state index contributed by atoms with van der Waals surface area (Å²) in [6, 6.07) is 19.0. The molecule has 3 N–H and O–H groups in total. The molecule has 1 unspecified atom stereocenters. The molecule has 0 saturated carbocycles. The molecule has 2 rings (SSSR count). The number of hydrogen-bond donors (Lipinski definition) is 2. The fourth-order valence-corrected chi connectivity index (χ4v) is 3.08. The van der Waals surface area contributed by atoms with Crippen molar-refractivity contribution in [3.05, 3.63) is 71.8 Å². The molecule has 2 nitrogen and oxygen atoms in total. The molecular weight excluding hydrogens is 266 g/mol. The van der Waals surface area contributed by atoms with Crippen molar-refractivity contribution in [3.8, 4) is 0 Å². The summed E-state index contributed by atoms with van der Waals surface area (Å²) in [5.74, 6) is 1.71. The maximum absolute atomic E-state index is 11.3. The Morgan fingerprint density at radius 1 is 1.00 bits per heavy atom. The normalized spacial score (nSPS) is 13.2. The molecule has 0 aliphatic carbocycles. The van der Waals surface area contributed by atoms with Crippen molar-refractivity contribution in [1.29, 1.82) is 0 Å². The summed E-state index contributed by atoms with van der Waals surface area (Å²) < 4.78 is 0. The van der Waals surface area contributed by atoms with Gasteiger partial charge < -0.3 is 10.8 Å². The van der Waals surface area contributed by atoms with E-state index in [9.17, 15) is 5.11 Å². The molecule has 0 fully saturated rings.